The number of hydrogen-bond donors (Lipinski definition) is 2. The Balaban J connectivity index is 1.76. The number of carbonyl (C=O) groups is 1. The average Bonchev–Trinajstić information content (AvgIpc) is 2.96. The molecular formula is C18H15F3N4OS. The van der Waals surface area contributed by atoms with Gasteiger partial charge in [0.15, 0.2) is 10.6 Å². The molecule has 0 unspecified atom stereocenters. The van der Waals surface area contributed by atoms with E-state index in [4.69, 9.17) is 12.2 Å². The van der Waals surface area contributed by atoms with Crippen molar-refractivity contribution in [3.05, 3.63) is 64.4 Å². The molecule has 2 N–H and O–H groups in total. The molecule has 1 heterocycles. The summed E-state index contributed by atoms with van der Waals surface area (Å²) in [5.41, 5.74) is 1.36. The Morgan fingerprint density at radius 2 is 1.78 bits per heavy atom. The normalized spacial score (nSPS) is 11.4. The van der Waals surface area contributed by atoms with Crippen molar-refractivity contribution < 1.29 is 18.0 Å². The van der Waals surface area contributed by atoms with Gasteiger partial charge in [0, 0.05) is 11.3 Å². The molecule has 1 amide bonds. The van der Waals surface area contributed by atoms with Crippen molar-refractivity contribution in [3.8, 4) is 11.4 Å². The lowest BCUT2D eigenvalue weighted by Crippen LogP contribution is -2.19. The first-order chi connectivity index (χ1) is 12.7. The third-order valence-electron chi connectivity index (χ3n) is 3.87. The van der Waals surface area contributed by atoms with Crippen LogP contribution < -0.4 is 5.32 Å². The molecule has 1 aromatic heterocycles. The maximum Gasteiger partial charge on any atom is 0.416 e. The van der Waals surface area contributed by atoms with E-state index in [1.54, 1.807) is 0 Å². The predicted octanol–water partition coefficient (Wildman–Crippen LogP) is 4.57. The van der Waals surface area contributed by atoms with Crippen molar-refractivity contribution in [2.45, 2.75) is 19.6 Å². The van der Waals surface area contributed by atoms with Crippen molar-refractivity contribution in [1.29, 1.82) is 0 Å². The molecule has 0 radical (unpaired) electrons. The number of H-pyrrole nitrogens is 1. The molecule has 0 spiro atoms. The summed E-state index contributed by atoms with van der Waals surface area (Å²) in [5, 5.41) is 9.37. The van der Waals surface area contributed by atoms with E-state index in [9.17, 15) is 18.0 Å². The van der Waals surface area contributed by atoms with Gasteiger partial charge < -0.3 is 5.32 Å². The Hall–Kier alpha value is -2.94. The lowest BCUT2D eigenvalue weighted by atomic mass is 10.1. The summed E-state index contributed by atoms with van der Waals surface area (Å²) in [6.07, 6.45) is -4.42. The second-order valence-electron chi connectivity index (χ2n) is 5.93. The van der Waals surface area contributed by atoms with Gasteiger partial charge in [-0.15, -0.1) is 0 Å². The number of anilines is 1. The van der Waals surface area contributed by atoms with Crippen LogP contribution in [0.15, 0.2) is 48.5 Å². The molecular weight excluding hydrogens is 377 g/mol. The summed E-state index contributed by atoms with van der Waals surface area (Å²) in [6, 6.07) is 11.8. The second kappa shape index (κ2) is 7.36. The molecule has 0 aliphatic heterocycles. The summed E-state index contributed by atoms with van der Waals surface area (Å²) in [6.45, 7) is 1.83. The minimum Gasteiger partial charge on any atom is -0.325 e. The van der Waals surface area contributed by atoms with E-state index in [1.807, 2.05) is 31.2 Å². The monoisotopic (exact) mass is 392 g/mol. The van der Waals surface area contributed by atoms with Gasteiger partial charge in [-0.05, 0) is 43.4 Å². The number of alkyl halides is 3. The minimum atomic E-state index is -4.42. The number of amides is 1. The molecule has 0 saturated carbocycles. The Bertz CT molecular complexity index is 1000. The summed E-state index contributed by atoms with van der Waals surface area (Å²) < 4.78 is 39.6. The SMILES string of the molecule is Cc1ccc(-c2n[nH]c(=S)n2CC(=O)Nc2ccc(C(F)(F)F)cc2)cc1. The summed E-state index contributed by atoms with van der Waals surface area (Å²) in [4.78, 5) is 12.3. The number of benzene rings is 2. The van der Waals surface area contributed by atoms with Crippen molar-refractivity contribution in [2.24, 2.45) is 0 Å². The van der Waals surface area contributed by atoms with E-state index in [0.29, 0.717) is 5.82 Å². The van der Waals surface area contributed by atoms with E-state index < -0.39 is 17.6 Å². The quantitative estimate of drug-likeness (QED) is 0.639. The van der Waals surface area contributed by atoms with Crippen molar-refractivity contribution in [3.63, 3.8) is 0 Å². The molecule has 0 bridgehead atoms. The third-order valence-corrected chi connectivity index (χ3v) is 4.18. The van der Waals surface area contributed by atoms with Crippen LogP contribution in [0.2, 0.25) is 0 Å². The Kier molecular flexibility index (Phi) is 5.13. The second-order valence-corrected chi connectivity index (χ2v) is 6.31. The molecule has 0 aliphatic carbocycles. The molecule has 3 aromatic rings. The largest absolute Gasteiger partial charge is 0.416 e. The number of carbonyl (C=O) groups excluding carboxylic acids is 1. The standard InChI is InChI=1S/C18H15F3N4OS/c1-11-2-4-12(5-3-11)16-23-24-17(27)25(16)10-15(26)22-14-8-6-13(7-9-14)18(19,20)21/h2-9H,10H2,1H3,(H,22,26)(H,24,27). The third kappa shape index (κ3) is 4.43. The van der Waals surface area contributed by atoms with Crippen LogP contribution in [0.1, 0.15) is 11.1 Å². The van der Waals surface area contributed by atoms with Crippen LogP contribution in [0.5, 0.6) is 0 Å². The number of halogens is 3. The van der Waals surface area contributed by atoms with Gasteiger partial charge >= 0.3 is 6.18 Å². The highest BCUT2D eigenvalue weighted by Crippen LogP contribution is 2.29. The van der Waals surface area contributed by atoms with E-state index >= 15 is 0 Å². The zero-order chi connectivity index (χ0) is 19.6. The molecule has 0 fully saturated rings. The Morgan fingerprint density at radius 3 is 2.37 bits per heavy atom. The van der Waals surface area contributed by atoms with Gasteiger partial charge in [-0.3, -0.25) is 14.5 Å². The summed E-state index contributed by atoms with van der Waals surface area (Å²) in [7, 11) is 0. The molecule has 5 nitrogen and oxygen atoms in total. The fraction of sp³-hybridized carbons (Fsp3) is 0.167. The Morgan fingerprint density at radius 1 is 1.15 bits per heavy atom. The number of aryl methyl sites for hydroxylation is 1. The number of rotatable bonds is 4. The van der Waals surface area contributed by atoms with Gasteiger partial charge in [-0.25, -0.2) is 0 Å². The van der Waals surface area contributed by atoms with Crippen LogP contribution in [0.25, 0.3) is 11.4 Å². The highest BCUT2D eigenvalue weighted by molar-refractivity contribution is 7.71. The van der Waals surface area contributed by atoms with Crippen LogP contribution in [0.3, 0.4) is 0 Å². The van der Waals surface area contributed by atoms with Crippen molar-refractivity contribution in [1.82, 2.24) is 14.8 Å². The zero-order valence-corrected chi connectivity index (χ0v) is 15.0. The number of nitrogens with zero attached hydrogens (tertiary/aromatic N) is 2. The molecule has 0 atom stereocenters. The predicted molar refractivity (Wildman–Crippen MR) is 97.7 cm³/mol. The minimum absolute atomic E-state index is 0.125. The van der Waals surface area contributed by atoms with Gasteiger partial charge in [-0.1, -0.05) is 29.8 Å². The molecule has 3 rings (SSSR count). The van der Waals surface area contributed by atoms with E-state index in [1.165, 1.54) is 16.7 Å². The fourth-order valence-corrected chi connectivity index (χ4v) is 2.67. The maximum atomic E-state index is 12.6. The molecule has 0 aliphatic rings. The molecule has 9 heteroatoms. The highest BCUT2D eigenvalue weighted by atomic mass is 32.1. The smallest absolute Gasteiger partial charge is 0.325 e. The van der Waals surface area contributed by atoms with E-state index in [-0.39, 0.29) is 17.0 Å². The van der Waals surface area contributed by atoms with Crippen LogP contribution in [-0.2, 0) is 17.5 Å². The van der Waals surface area contributed by atoms with Gasteiger partial charge in [0.25, 0.3) is 0 Å². The average molecular weight is 392 g/mol. The number of nitrogens with one attached hydrogen (secondary N) is 2. The number of aromatic nitrogens is 3. The molecule has 2 aromatic carbocycles. The summed E-state index contributed by atoms with van der Waals surface area (Å²) >= 11 is 5.18. The van der Waals surface area contributed by atoms with Crippen molar-refractivity contribution >= 4 is 23.8 Å². The first kappa shape index (κ1) is 18.8. The molecule has 0 saturated heterocycles. The van der Waals surface area contributed by atoms with E-state index in [2.05, 4.69) is 15.5 Å². The fourth-order valence-electron chi connectivity index (χ4n) is 2.47. The first-order valence-corrected chi connectivity index (χ1v) is 8.34. The lowest BCUT2D eigenvalue weighted by Gasteiger charge is -2.10. The van der Waals surface area contributed by atoms with Crippen LogP contribution in [-0.4, -0.2) is 20.7 Å². The molecule has 27 heavy (non-hydrogen) atoms. The Labute approximate surface area is 157 Å². The lowest BCUT2D eigenvalue weighted by molar-refractivity contribution is -0.137. The first-order valence-electron chi connectivity index (χ1n) is 7.93. The van der Waals surface area contributed by atoms with Crippen LogP contribution in [0.4, 0.5) is 18.9 Å². The molecule has 140 valence electrons. The summed E-state index contributed by atoms with van der Waals surface area (Å²) in [5.74, 6) is 0.0724. The zero-order valence-electron chi connectivity index (χ0n) is 14.2. The van der Waals surface area contributed by atoms with Gasteiger partial charge in [0.1, 0.15) is 6.54 Å². The van der Waals surface area contributed by atoms with Crippen LogP contribution >= 0.6 is 12.2 Å². The van der Waals surface area contributed by atoms with Crippen molar-refractivity contribution in [2.75, 3.05) is 5.32 Å². The maximum absolute atomic E-state index is 12.6. The van der Waals surface area contributed by atoms with Gasteiger partial charge in [0.2, 0.25) is 5.91 Å². The van der Waals surface area contributed by atoms with E-state index in [0.717, 1.165) is 23.3 Å². The van der Waals surface area contributed by atoms with Crippen LogP contribution in [0, 0.1) is 11.7 Å². The van der Waals surface area contributed by atoms with Gasteiger partial charge in [0.05, 0.1) is 5.56 Å². The number of aromatic amines is 1. The highest BCUT2D eigenvalue weighted by Gasteiger charge is 2.30. The van der Waals surface area contributed by atoms with Gasteiger partial charge in [-0.2, -0.15) is 18.3 Å². The topological polar surface area (TPSA) is 62.7 Å². The number of hydrogen-bond acceptors (Lipinski definition) is 3.